The highest BCUT2D eigenvalue weighted by atomic mass is 16.4. The zero-order valence-corrected chi connectivity index (χ0v) is 18.1. The minimum absolute atomic E-state index is 0.332. The van der Waals surface area contributed by atoms with Gasteiger partial charge in [-0.25, -0.2) is 0 Å². The molecule has 0 amide bonds. The van der Waals surface area contributed by atoms with E-state index in [1.165, 1.54) is 116 Å². The molecule has 0 heterocycles. The summed E-state index contributed by atoms with van der Waals surface area (Å²) in [5.41, 5.74) is 0. The average molecular weight is 369 g/mol. The van der Waals surface area contributed by atoms with E-state index < -0.39 is 5.97 Å². The topological polar surface area (TPSA) is 37.3 Å². The number of hydrogen-bond donors (Lipinski definition) is 1. The van der Waals surface area contributed by atoms with E-state index in [-0.39, 0.29) is 0 Å². The molecule has 0 radical (unpaired) electrons. The van der Waals surface area contributed by atoms with Crippen LogP contribution in [0, 0.1) is 5.92 Å². The fourth-order valence-electron chi connectivity index (χ4n) is 3.79. The fraction of sp³-hybridized carbons (Fsp3) is 0.958. The van der Waals surface area contributed by atoms with E-state index in [9.17, 15) is 4.79 Å². The summed E-state index contributed by atoms with van der Waals surface area (Å²) in [5, 5.41) is 8.74. The van der Waals surface area contributed by atoms with E-state index in [1.807, 2.05) is 0 Å². The molecule has 0 bridgehead atoms. The van der Waals surface area contributed by atoms with Gasteiger partial charge in [0.15, 0.2) is 0 Å². The lowest BCUT2D eigenvalue weighted by Gasteiger charge is -2.08. The summed E-state index contributed by atoms with van der Waals surface area (Å²) in [6, 6.07) is 0. The van der Waals surface area contributed by atoms with Crippen molar-refractivity contribution in [2.75, 3.05) is 0 Å². The third-order valence-electron chi connectivity index (χ3n) is 5.57. The van der Waals surface area contributed by atoms with Gasteiger partial charge in [-0.2, -0.15) is 0 Å². The lowest BCUT2D eigenvalue weighted by molar-refractivity contribution is -0.138. The van der Waals surface area contributed by atoms with Gasteiger partial charge < -0.3 is 5.11 Å². The number of carbonyl (C=O) groups is 1. The Kier molecular flexibility index (Phi) is 20.4. The Bertz CT molecular complexity index is 288. The highest BCUT2D eigenvalue weighted by Crippen LogP contribution is 2.16. The molecule has 0 rings (SSSR count). The summed E-state index contributed by atoms with van der Waals surface area (Å²) < 4.78 is 0. The van der Waals surface area contributed by atoms with Gasteiger partial charge in [-0.1, -0.05) is 136 Å². The molecule has 0 aromatic rings. The Morgan fingerprint density at radius 1 is 0.615 bits per heavy atom. The van der Waals surface area contributed by atoms with E-state index >= 15 is 0 Å². The first-order valence-corrected chi connectivity index (χ1v) is 11.9. The van der Waals surface area contributed by atoms with Gasteiger partial charge in [0.25, 0.3) is 0 Å². The van der Waals surface area contributed by atoms with Gasteiger partial charge in [0, 0.05) is 6.42 Å². The molecule has 1 atom stereocenters. The van der Waals surface area contributed by atoms with E-state index in [2.05, 4.69) is 13.8 Å². The number of unbranched alkanes of at least 4 members (excludes halogenated alkanes) is 17. The maximum Gasteiger partial charge on any atom is 0.303 e. The monoisotopic (exact) mass is 368 g/mol. The third-order valence-corrected chi connectivity index (χ3v) is 5.57. The molecule has 0 aliphatic heterocycles. The lowest BCUT2D eigenvalue weighted by atomic mass is 9.99. The quantitative estimate of drug-likeness (QED) is 0.206. The molecule has 2 nitrogen and oxygen atoms in total. The standard InChI is InChI=1S/C24H48O2/c1-3-4-5-6-7-8-9-10-11-12-13-14-15-16-17-18-19-20-21-23(2)22-24(25)26/h23H,3-22H2,1-2H3,(H,25,26)/t23-/m1/s1. The van der Waals surface area contributed by atoms with Gasteiger partial charge in [-0.15, -0.1) is 0 Å². The van der Waals surface area contributed by atoms with Crippen LogP contribution in [-0.4, -0.2) is 11.1 Å². The largest absolute Gasteiger partial charge is 0.481 e. The second kappa shape index (κ2) is 20.8. The fourth-order valence-corrected chi connectivity index (χ4v) is 3.79. The number of hydrogen-bond acceptors (Lipinski definition) is 1. The van der Waals surface area contributed by atoms with Crippen molar-refractivity contribution in [2.45, 2.75) is 142 Å². The van der Waals surface area contributed by atoms with Gasteiger partial charge in [-0.05, 0) is 5.92 Å². The molecule has 0 saturated heterocycles. The molecule has 2 heteroatoms. The Hall–Kier alpha value is -0.530. The van der Waals surface area contributed by atoms with Crippen LogP contribution in [0.1, 0.15) is 142 Å². The average Bonchev–Trinajstić information content (AvgIpc) is 2.60. The van der Waals surface area contributed by atoms with Crippen molar-refractivity contribution in [2.24, 2.45) is 5.92 Å². The minimum Gasteiger partial charge on any atom is -0.481 e. The van der Waals surface area contributed by atoms with Crippen molar-refractivity contribution in [3.63, 3.8) is 0 Å². The van der Waals surface area contributed by atoms with Crippen molar-refractivity contribution >= 4 is 5.97 Å². The minimum atomic E-state index is -0.653. The predicted molar refractivity (Wildman–Crippen MR) is 115 cm³/mol. The summed E-state index contributed by atoms with van der Waals surface area (Å²) in [6.45, 7) is 4.34. The van der Waals surface area contributed by atoms with Gasteiger partial charge in [0.1, 0.15) is 0 Å². The highest BCUT2D eigenvalue weighted by molar-refractivity contribution is 5.66. The first-order chi connectivity index (χ1) is 12.7. The molecule has 0 fully saturated rings. The summed E-state index contributed by atoms with van der Waals surface area (Å²) >= 11 is 0. The first-order valence-electron chi connectivity index (χ1n) is 11.9. The Morgan fingerprint density at radius 2 is 0.923 bits per heavy atom. The first kappa shape index (κ1) is 25.5. The number of rotatable bonds is 21. The summed E-state index contributed by atoms with van der Waals surface area (Å²) in [5.74, 6) is -0.312. The summed E-state index contributed by atoms with van der Waals surface area (Å²) in [6.07, 6.45) is 26.6. The third kappa shape index (κ3) is 21.5. The molecule has 0 unspecified atom stereocenters. The maximum atomic E-state index is 10.6. The molecule has 1 N–H and O–H groups in total. The molecular formula is C24H48O2. The molecular weight excluding hydrogens is 320 g/mol. The molecule has 0 aliphatic rings. The second-order valence-electron chi connectivity index (χ2n) is 8.50. The predicted octanol–water partition coefficient (Wildman–Crippen LogP) is 8.53. The van der Waals surface area contributed by atoms with Crippen LogP contribution < -0.4 is 0 Å². The van der Waals surface area contributed by atoms with Crippen LogP contribution in [0.2, 0.25) is 0 Å². The molecule has 156 valence electrons. The van der Waals surface area contributed by atoms with Crippen molar-refractivity contribution in [1.29, 1.82) is 0 Å². The van der Waals surface area contributed by atoms with Gasteiger partial charge in [0.05, 0.1) is 0 Å². The Balaban J connectivity index is 3.06. The van der Waals surface area contributed by atoms with Crippen LogP contribution >= 0.6 is 0 Å². The van der Waals surface area contributed by atoms with E-state index in [1.54, 1.807) is 0 Å². The Labute approximate surface area is 164 Å². The smallest absolute Gasteiger partial charge is 0.303 e. The normalized spacial score (nSPS) is 12.4. The molecule has 0 saturated carbocycles. The van der Waals surface area contributed by atoms with Crippen LogP contribution in [0.15, 0.2) is 0 Å². The molecule has 0 aromatic heterocycles. The van der Waals surface area contributed by atoms with Crippen LogP contribution in [0.25, 0.3) is 0 Å². The van der Waals surface area contributed by atoms with Crippen LogP contribution in [0.5, 0.6) is 0 Å². The molecule has 0 aromatic carbocycles. The van der Waals surface area contributed by atoms with Crippen molar-refractivity contribution < 1.29 is 9.90 Å². The van der Waals surface area contributed by atoms with Crippen LogP contribution in [-0.2, 0) is 4.79 Å². The van der Waals surface area contributed by atoms with Crippen LogP contribution in [0.4, 0.5) is 0 Å². The van der Waals surface area contributed by atoms with Crippen LogP contribution in [0.3, 0.4) is 0 Å². The van der Waals surface area contributed by atoms with Crippen molar-refractivity contribution in [3.05, 3.63) is 0 Å². The molecule has 26 heavy (non-hydrogen) atoms. The van der Waals surface area contributed by atoms with Crippen molar-refractivity contribution in [1.82, 2.24) is 0 Å². The summed E-state index contributed by atoms with van der Waals surface area (Å²) in [7, 11) is 0. The second-order valence-corrected chi connectivity index (χ2v) is 8.50. The van der Waals surface area contributed by atoms with E-state index in [4.69, 9.17) is 5.11 Å². The number of carboxylic acids is 1. The maximum absolute atomic E-state index is 10.6. The van der Waals surface area contributed by atoms with Gasteiger partial charge >= 0.3 is 5.97 Å². The van der Waals surface area contributed by atoms with Gasteiger partial charge in [0.2, 0.25) is 0 Å². The lowest BCUT2D eigenvalue weighted by Crippen LogP contribution is -2.03. The Morgan fingerprint density at radius 3 is 1.23 bits per heavy atom. The zero-order valence-electron chi connectivity index (χ0n) is 18.1. The van der Waals surface area contributed by atoms with E-state index in [0.29, 0.717) is 12.3 Å². The van der Waals surface area contributed by atoms with Crippen molar-refractivity contribution in [3.8, 4) is 0 Å². The zero-order chi connectivity index (χ0) is 19.3. The van der Waals surface area contributed by atoms with Gasteiger partial charge in [-0.3, -0.25) is 4.79 Å². The SMILES string of the molecule is CCCCCCCCCCCCCCCCCCCC[C@@H](C)CC(=O)O. The number of aliphatic carboxylic acids is 1. The summed E-state index contributed by atoms with van der Waals surface area (Å²) in [4.78, 5) is 10.6. The molecule has 0 spiro atoms. The highest BCUT2D eigenvalue weighted by Gasteiger charge is 2.06. The van der Waals surface area contributed by atoms with E-state index in [0.717, 1.165) is 6.42 Å². The molecule has 0 aliphatic carbocycles. The number of carboxylic acid groups (broad SMARTS) is 1.